The predicted molar refractivity (Wildman–Crippen MR) is 75.8 cm³/mol. The van der Waals surface area contributed by atoms with Crippen molar-refractivity contribution in [1.82, 2.24) is 4.90 Å². The number of aliphatic hydroxyl groups is 1. The highest BCUT2D eigenvalue weighted by Gasteiger charge is 2.28. The standard InChI is InChI=1S/C12H24INO2/c1-10(2)6-5-7-14(8-9-15)11(16)12(3,4)13/h10,15H,5-9H2,1-4H3. The molecule has 0 spiro atoms. The highest BCUT2D eigenvalue weighted by Crippen LogP contribution is 2.20. The smallest absolute Gasteiger partial charge is 0.238 e. The second-order valence-corrected chi connectivity index (χ2v) is 7.72. The molecule has 0 aromatic heterocycles. The summed E-state index contributed by atoms with van der Waals surface area (Å²) in [5.41, 5.74) is 0. The Hall–Kier alpha value is 0.160. The first-order valence-corrected chi connectivity index (χ1v) is 6.96. The van der Waals surface area contributed by atoms with Crippen molar-refractivity contribution in [3.8, 4) is 0 Å². The zero-order valence-corrected chi connectivity index (χ0v) is 13.0. The van der Waals surface area contributed by atoms with E-state index in [4.69, 9.17) is 5.11 Å². The molecule has 0 atom stereocenters. The van der Waals surface area contributed by atoms with Crippen LogP contribution in [0.3, 0.4) is 0 Å². The van der Waals surface area contributed by atoms with Crippen molar-refractivity contribution in [1.29, 1.82) is 0 Å². The van der Waals surface area contributed by atoms with Gasteiger partial charge in [0.2, 0.25) is 5.91 Å². The number of hydrogen-bond donors (Lipinski definition) is 1. The Morgan fingerprint density at radius 3 is 2.31 bits per heavy atom. The van der Waals surface area contributed by atoms with Crippen LogP contribution in [0.1, 0.15) is 40.5 Å². The molecule has 3 nitrogen and oxygen atoms in total. The van der Waals surface area contributed by atoms with Gasteiger partial charge in [-0.15, -0.1) is 0 Å². The number of carbonyl (C=O) groups is 1. The van der Waals surface area contributed by atoms with Crippen molar-refractivity contribution in [2.24, 2.45) is 5.92 Å². The van der Waals surface area contributed by atoms with Crippen molar-refractivity contribution in [3.05, 3.63) is 0 Å². The van der Waals surface area contributed by atoms with Gasteiger partial charge in [-0.25, -0.2) is 0 Å². The maximum Gasteiger partial charge on any atom is 0.238 e. The highest BCUT2D eigenvalue weighted by molar-refractivity contribution is 14.1. The van der Waals surface area contributed by atoms with Crippen molar-refractivity contribution < 1.29 is 9.90 Å². The molecule has 0 bridgehead atoms. The summed E-state index contributed by atoms with van der Waals surface area (Å²) in [7, 11) is 0. The maximum atomic E-state index is 12.0. The van der Waals surface area contributed by atoms with Crippen LogP contribution in [0.15, 0.2) is 0 Å². The highest BCUT2D eigenvalue weighted by atomic mass is 127. The molecule has 1 N–H and O–H groups in total. The molecule has 1 amide bonds. The largest absolute Gasteiger partial charge is 0.395 e. The van der Waals surface area contributed by atoms with Gasteiger partial charge in [0.1, 0.15) is 0 Å². The molecule has 16 heavy (non-hydrogen) atoms. The first-order valence-electron chi connectivity index (χ1n) is 5.88. The summed E-state index contributed by atoms with van der Waals surface area (Å²) in [6.45, 7) is 9.42. The SMILES string of the molecule is CC(C)CCCN(CCO)C(=O)C(C)(C)I. The minimum absolute atomic E-state index is 0.0418. The fourth-order valence-electron chi connectivity index (χ4n) is 1.50. The first kappa shape index (κ1) is 16.2. The zero-order chi connectivity index (χ0) is 12.8. The Morgan fingerprint density at radius 1 is 1.38 bits per heavy atom. The Labute approximate surface area is 113 Å². The lowest BCUT2D eigenvalue weighted by molar-refractivity contribution is -0.133. The number of hydrogen-bond acceptors (Lipinski definition) is 2. The lowest BCUT2D eigenvalue weighted by Crippen LogP contribution is -2.43. The minimum atomic E-state index is -0.384. The summed E-state index contributed by atoms with van der Waals surface area (Å²) in [4.78, 5) is 13.8. The van der Waals surface area contributed by atoms with E-state index in [-0.39, 0.29) is 15.9 Å². The summed E-state index contributed by atoms with van der Waals surface area (Å²) in [6, 6.07) is 0. The third-order valence-electron chi connectivity index (χ3n) is 2.38. The Bertz CT molecular complexity index is 212. The average molecular weight is 341 g/mol. The molecule has 0 aliphatic carbocycles. The molecule has 0 aliphatic rings. The maximum absolute atomic E-state index is 12.0. The van der Waals surface area contributed by atoms with Crippen LogP contribution in [0, 0.1) is 5.92 Å². The lowest BCUT2D eigenvalue weighted by atomic mass is 10.1. The minimum Gasteiger partial charge on any atom is -0.395 e. The second kappa shape index (κ2) is 7.48. The quantitative estimate of drug-likeness (QED) is 0.571. The molecule has 0 aromatic rings. The molecule has 0 saturated heterocycles. The lowest BCUT2D eigenvalue weighted by Gasteiger charge is -2.28. The van der Waals surface area contributed by atoms with Gasteiger partial charge in [0.05, 0.1) is 10.0 Å². The van der Waals surface area contributed by atoms with E-state index < -0.39 is 0 Å². The Balaban J connectivity index is 4.22. The monoisotopic (exact) mass is 341 g/mol. The van der Waals surface area contributed by atoms with Crippen LogP contribution in [0.2, 0.25) is 0 Å². The van der Waals surface area contributed by atoms with Crippen LogP contribution < -0.4 is 0 Å². The molecule has 0 aliphatic heterocycles. The number of aliphatic hydroxyl groups excluding tert-OH is 1. The molecule has 0 saturated carbocycles. The number of halogens is 1. The summed E-state index contributed by atoms with van der Waals surface area (Å²) in [6.07, 6.45) is 2.13. The van der Waals surface area contributed by atoms with Gasteiger partial charge in [0.25, 0.3) is 0 Å². The van der Waals surface area contributed by atoms with E-state index in [0.29, 0.717) is 12.5 Å². The molecule has 96 valence electrons. The molecule has 0 rings (SSSR count). The summed E-state index contributed by atoms with van der Waals surface area (Å²) >= 11 is 2.15. The van der Waals surface area contributed by atoms with E-state index in [2.05, 4.69) is 36.4 Å². The van der Waals surface area contributed by atoms with Gasteiger partial charge in [-0.3, -0.25) is 4.79 Å². The fourth-order valence-corrected chi connectivity index (χ4v) is 1.84. The number of nitrogens with zero attached hydrogens (tertiary/aromatic N) is 1. The Morgan fingerprint density at radius 2 is 1.94 bits per heavy atom. The van der Waals surface area contributed by atoms with Gasteiger partial charge in [0.15, 0.2) is 0 Å². The van der Waals surface area contributed by atoms with Gasteiger partial charge in [-0.2, -0.15) is 0 Å². The van der Waals surface area contributed by atoms with Gasteiger partial charge in [0, 0.05) is 13.1 Å². The van der Waals surface area contributed by atoms with Gasteiger partial charge < -0.3 is 10.0 Å². The van der Waals surface area contributed by atoms with E-state index in [1.54, 1.807) is 4.90 Å². The van der Waals surface area contributed by atoms with E-state index in [1.807, 2.05) is 13.8 Å². The van der Waals surface area contributed by atoms with E-state index in [9.17, 15) is 4.79 Å². The number of carbonyl (C=O) groups excluding carboxylic acids is 1. The van der Waals surface area contributed by atoms with Gasteiger partial charge in [-0.1, -0.05) is 36.4 Å². The molecule has 0 unspecified atom stereocenters. The van der Waals surface area contributed by atoms with Crippen LogP contribution in [-0.2, 0) is 4.79 Å². The van der Waals surface area contributed by atoms with Crippen LogP contribution in [-0.4, -0.2) is 39.0 Å². The van der Waals surface area contributed by atoms with E-state index in [1.165, 1.54) is 0 Å². The van der Waals surface area contributed by atoms with Crippen LogP contribution in [0.4, 0.5) is 0 Å². The van der Waals surface area contributed by atoms with Gasteiger partial charge >= 0.3 is 0 Å². The molecular weight excluding hydrogens is 317 g/mol. The van der Waals surface area contributed by atoms with Crippen molar-refractivity contribution in [2.45, 2.75) is 44.0 Å². The summed E-state index contributed by atoms with van der Waals surface area (Å²) in [5.74, 6) is 0.782. The third-order valence-corrected chi connectivity index (χ3v) is 2.84. The van der Waals surface area contributed by atoms with E-state index in [0.717, 1.165) is 19.4 Å². The van der Waals surface area contributed by atoms with Gasteiger partial charge in [-0.05, 0) is 32.6 Å². The molecule has 4 heteroatoms. The number of rotatable bonds is 7. The zero-order valence-electron chi connectivity index (χ0n) is 10.8. The fraction of sp³-hybridized carbons (Fsp3) is 0.917. The second-order valence-electron chi connectivity index (χ2n) is 5.02. The van der Waals surface area contributed by atoms with Crippen molar-refractivity contribution >= 4 is 28.5 Å². The molecule has 0 radical (unpaired) electrons. The van der Waals surface area contributed by atoms with Crippen molar-refractivity contribution in [2.75, 3.05) is 19.7 Å². The van der Waals surface area contributed by atoms with E-state index >= 15 is 0 Å². The molecular formula is C12H24INO2. The average Bonchev–Trinajstić information content (AvgIpc) is 2.13. The first-order chi connectivity index (χ1) is 7.29. The molecule has 0 fully saturated rings. The normalized spacial score (nSPS) is 11.9. The summed E-state index contributed by atoms with van der Waals surface area (Å²) in [5, 5.41) is 8.96. The van der Waals surface area contributed by atoms with Crippen LogP contribution in [0.25, 0.3) is 0 Å². The molecule has 0 aromatic carbocycles. The van der Waals surface area contributed by atoms with Crippen molar-refractivity contribution in [3.63, 3.8) is 0 Å². The van der Waals surface area contributed by atoms with Crippen LogP contribution >= 0.6 is 22.6 Å². The predicted octanol–water partition coefficient (Wildman–Crippen LogP) is 2.46. The summed E-state index contributed by atoms with van der Waals surface area (Å²) < 4.78 is -0.384. The Kier molecular flexibility index (Phi) is 7.55. The van der Waals surface area contributed by atoms with Crippen LogP contribution in [0.5, 0.6) is 0 Å². The topological polar surface area (TPSA) is 40.5 Å². The number of alkyl halides is 1. The third kappa shape index (κ3) is 6.68. The number of amides is 1. The molecule has 0 heterocycles.